The third-order valence-corrected chi connectivity index (χ3v) is 4.14. The summed E-state index contributed by atoms with van der Waals surface area (Å²) in [6, 6.07) is 21.0. The van der Waals surface area contributed by atoms with Crippen molar-refractivity contribution in [1.29, 1.82) is 0 Å². The first-order valence-corrected chi connectivity index (χ1v) is 9.26. The van der Waals surface area contributed by atoms with Crippen LogP contribution in [-0.2, 0) is 0 Å². The van der Waals surface area contributed by atoms with E-state index < -0.39 is 0 Å². The molecule has 0 unspecified atom stereocenters. The molecule has 27 heavy (non-hydrogen) atoms. The zero-order chi connectivity index (χ0) is 19.2. The monoisotopic (exact) mass is 378 g/mol. The van der Waals surface area contributed by atoms with Gasteiger partial charge in [-0.1, -0.05) is 44.2 Å². The van der Waals surface area contributed by atoms with Gasteiger partial charge in [-0.2, -0.15) is 0 Å². The van der Waals surface area contributed by atoms with Gasteiger partial charge in [-0.25, -0.2) is 0 Å². The van der Waals surface area contributed by atoms with Crippen LogP contribution in [0, 0.1) is 5.92 Å². The summed E-state index contributed by atoms with van der Waals surface area (Å²) < 4.78 is 5.63. The fourth-order valence-corrected chi connectivity index (χ4v) is 2.78. The number of hydrogen-bond acceptors (Lipinski definition) is 3. The molecule has 0 aliphatic rings. The molecule has 5 heteroatoms. The van der Waals surface area contributed by atoms with Crippen LogP contribution in [0.5, 0.6) is 5.75 Å². The quantitative estimate of drug-likeness (QED) is 0.613. The lowest BCUT2D eigenvalue weighted by atomic mass is 10.1. The van der Waals surface area contributed by atoms with Gasteiger partial charge in [-0.3, -0.25) is 10.1 Å². The van der Waals surface area contributed by atoms with Gasteiger partial charge < -0.3 is 10.1 Å². The molecule has 1 amide bonds. The minimum Gasteiger partial charge on any atom is -0.493 e. The van der Waals surface area contributed by atoms with Crippen LogP contribution >= 0.6 is 12.2 Å². The number of anilines is 1. The van der Waals surface area contributed by atoms with Gasteiger partial charge in [-0.15, -0.1) is 0 Å². The first-order valence-electron chi connectivity index (χ1n) is 8.85. The van der Waals surface area contributed by atoms with Gasteiger partial charge in [0.2, 0.25) is 0 Å². The molecule has 0 aliphatic carbocycles. The van der Waals surface area contributed by atoms with E-state index in [1.807, 2.05) is 42.5 Å². The van der Waals surface area contributed by atoms with Crippen LogP contribution in [-0.4, -0.2) is 17.6 Å². The average molecular weight is 378 g/mol. The Morgan fingerprint density at radius 2 is 1.70 bits per heavy atom. The number of carbonyl (C=O) groups excluding carboxylic acids is 1. The topological polar surface area (TPSA) is 50.4 Å². The van der Waals surface area contributed by atoms with Crippen molar-refractivity contribution >= 4 is 39.7 Å². The van der Waals surface area contributed by atoms with Gasteiger partial charge >= 0.3 is 0 Å². The predicted molar refractivity (Wildman–Crippen MR) is 114 cm³/mol. The third-order valence-electron chi connectivity index (χ3n) is 3.93. The Kier molecular flexibility index (Phi) is 6.04. The van der Waals surface area contributed by atoms with Crippen molar-refractivity contribution in [3.05, 3.63) is 72.3 Å². The maximum Gasteiger partial charge on any atom is 0.257 e. The molecular weight excluding hydrogens is 356 g/mol. The number of carbonyl (C=O) groups is 1. The highest BCUT2D eigenvalue weighted by molar-refractivity contribution is 7.80. The molecule has 0 aromatic heterocycles. The van der Waals surface area contributed by atoms with E-state index in [1.165, 1.54) is 0 Å². The van der Waals surface area contributed by atoms with Gasteiger partial charge in [-0.05, 0) is 65.3 Å². The highest BCUT2D eigenvalue weighted by Crippen LogP contribution is 2.19. The van der Waals surface area contributed by atoms with E-state index in [0.717, 1.165) is 22.2 Å². The molecule has 4 nitrogen and oxygen atoms in total. The summed E-state index contributed by atoms with van der Waals surface area (Å²) in [4.78, 5) is 12.4. The minimum absolute atomic E-state index is 0.260. The van der Waals surface area contributed by atoms with Crippen molar-refractivity contribution in [1.82, 2.24) is 5.32 Å². The fraction of sp³-hybridized carbons (Fsp3) is 0.182. The molecule has 3 aromatic rings. The number of rotatable bonds is 5. The van der Waals surface area contributed by atoms with Crippen molar-refractivity contribution in [2.24, 2.45) is 5.92 Å². The molecule has 0 saturated carbocycles. The fourth-order valence-electron chi connectivity index (χ4n) is 2.57. The molecule has 138 valence electrons. The van der Waals surface area contributed by atoms with Gasteiger partial charge in [0.25, 0.3) is 5.91 Å². The lowest BCUT2D eigenvalue weighted by Crippen LogP contribution is -2.34. The van der Waals surface area contributed by atoms with Crippen molar-refractivity contribution in [2.75, 3.05) is 11.9 Å². The van der Waals surface area contributed by atoms with Crippen LogP contribution in [0.4, 0.5) is 5.69 Å². The van der Waals surface area contributed by atoms with Crippen molar-refractivity contribution in [3.8, 4) is 5.75 Å². The first-order chi connectivity index (χ1) is 13.0. The summed E-state index contributed by atoms with van der Waals surface area (Å²) in [5.41, 5.74) is 1.35. The average Bonchev–Trinajstić information content (AvgIpc) is 2.66. The highest BCUT2D eigenvalue weighted by Gasteiger charge is 2.09. The summed E-state index contributed by atoms with van der Waals surface area (Å²) in [5.74, 6) is 0.937. The van der Waals surface area contributed by atoms with Crippen LogP contribution in [0.1, 0.15) is 24.2 Å². The Balaban J connectivity index is 1.58. The van der Waals surface area contributed by atoms with Crippen molar-refractivity contribution in [2.45, 2.75) is 13.8 Å². The molecule has 0 fully saturated rings. The highest BCUT2D eigenvalue weighted by atomic mass is 32.1. The summed E-state index contributed by atoms with van der Waals surface area (Å²) in [7, 11) is 0. The van der Waals surface area contributed by atoms with E-state index in [9.17, 15) is 4.79 Å². The number of amides is 1. The maximum absolute atomic E-state index is 12.4. The van der Waals surface area contributed by atoms with E-state index in [-0.39, 0.29) is 11.0 Å². The standard InChI is InChI=1S/C22H22N2O2S/c1-15(2)14-26-20-11-8-17(9-12-20)21(25)24-22(27)23-19-10-7-16-5-3-4-6-18(16)13-19/h3-13,15H,14H2,1-2H3,(H2,23,24,25,27). The van der Waals surface area contributed by atoms with Crippen LogP contribution in [0.25, 0.3) is 10.8 Å². The summed E-state index contributed by atoms with van der Waals surface area (Å²) in [6.07, 6.45) is 0. The van der Waals surface area contributed by atoms with Crippen LogP contribution < -0.4 is 15.4 Å². The lowest BCUT2D eigenvalue weighted by Gasteiger charge is -2.11. The molecule has 0 spiro atoms. The van der Waals surface area contributed by atoms with Crippen molar-refractivity contribution < 1.29 is 9.53 Å². The Hall–Kier alpha value is -2.92. The Morgan fingerprint density at radius 3 is 2.41 bits per heavy atom. The lowest BCUT2D eigenvalue weighted by molar-refractivity contribution is 0.0977. The molecule has 3 rings (SSSR count). The molecule has 0 heterocycles. The van der Waals surface area contributed by atoms with Gasteiger partial charge in [0.15, 0.2) is 5.11 Å². The van der Waals surface area contributed by atoms with Gasteiger partial charge in [0.1, 0.15) is 5.75 Å². The van der Waals surface area contributed by atoms with E-state index >= 15 is 0 Å². The van der Waals surface area contributed by atoms with E-state index in [1.54, 1.807) is 24.3 Å². The minimum atomic E-state index is -0.260. The second kappa shape index (κ2) is 8.64. The second-order valence-corrected chi connectivity index (χ2v) is 7.11. The Bertz CT molecular complexity index is 952. The second-order valence-electron chi connectivity index (χ2n) is 6.70. The molecule has 0 bridgehead atoms. The maximum atomic E-state index is 12.4. The molecule has 0 radical (unpaired) electrons. The SMILES string of the molecule is CC(C)COc1ccc(C(=O)NC(=S)Nc2ccc3ccccc3c2)cc1. The number of benzene rings is 3. The normalized spacial score (nSPS) is 10.6. The Morgan fingerprint density at radius 1 is 1.00 bits per heavy atom. The predicted octanol–water partition coefficient (Wildman–Crippen LogP) is 5.00. The van der Waals surface area contributed by atoms with Gasteiger partial charge in [0, 0.05) is 11.3 Å². The smallest absolute Gasteiger partial charge is 0.257 e. The van der Waals surface area contributed by atoms with E-state index in [4.69, 9.17) is 17.0 Å². The van der Waals surface area contributed by atoms with Crippen LogP contribution in [0.2, 0.25) is 0 Å². The summed E-state index contributed by atoms with van der Waals surface area (Å²) in [6.45, 7) is 4.82. The molecular formula is C22H22N2O2S. The summed E-state index contributed by atoms with van der Waals surface area (Å²) in [5, 5.41) is 8.27. The van der Waals surface area contributed by atoms with Crippen LogP contribution in [0.15, 0.2) is 66.7 Å². The first kappa shape index (κ1) is 18.9. The molecule has 0 aliphatic heterocycles. The summed E-state index contributed by atoms with van der Waals surface area (Å²) >= 11 is 5.26. The molecule has 3 aromatic carbocycles. The Labute approximate surface area is 164 Å². The third kappa shape index (κ3) is 5.28. The number of fused-ring (bicyclic) bond motifs is 1. The molecule has 0 atom stereocenters. The zero-order valence-electron chi connectivity index (χ0n) is 15.4. The zero-order valence-corrected chi connectivity index (χ0v) is 16.2. The number of ether oxygens (including phenoxy) is 1. The van der Waals surface area contributed by atoms with E-state index in [2.05, 4.69) is 24.5 Å². The number of hydrogen-bond donors (Lipinski definition) is 2. The molecule has 2 N–H and O–H groups in total. The van der Waals surface area contributed by atoms with E-state index in [0.29, 0.717) is 18.1 Å². The molecule has 0 saturated heterocycles. The van der Waals surface area contributed by atoms with Crippen LogP contribution in [0.3, 0.4) is 0 Å². The van der Waals surface area contributed by atoms with Gasteiger partial charge in [0.05, 0.1) is 6.61 Å². The van der Waals surface area contributed by atoms with Crippen molar-refractivity contribution in [3.63, 3.8) is 0 Å². The largest absolute Gasteiger partial charge is 0.493 e. The number of thiocarbonyl (C=S) groups is 1. The number of nitrogens with one attached hydrogen (secondary N) is 2.